The van der Waals surface area contributed by atoms with Crippen molar-refractivity contribution in [1.29, 1.82) is 0 Å². The van der Waals surface area contributed by atoms with Crippen LogP contribution in [0.2, 0.25) is 0 Å². The largest absolute Gasteiger partial charge is 0.454 e. The normalized spacial score (nSPS) is 23.1. The van der Waals surface area contributed by atoms with Gasteiger partial charge in [0.05, 0.1) is 34.1 Å². The zero-order valence-electron chi connectivity index (χ0n) is 33.4. The highest BCUT2D eigenvalue weighted by Crippen LogP contribution is 2.37. The Balaban J connectivity index is 0.890. The SMILES string of the molecule is Nc1cc(S(=O)NC(=O)C2=C=C=C(N3CCN(CC4CC5=CC=C(Cl)CC5CN4C(=O)C4CNC4)CC3)C=C2Oc2cnc3[nH]ccc3c2)ccc1NCC1CCOCC1. The van der Waals surface area contributed by atoms with E-state index in [0.717, 1.165) is 100.0 Å². The minimum Gasteiger partial charge on any atom is -0.454 e. The number of nitrogens with zero attached hydrogens (tertiary/aromatic N) is 4. The van der Waals surface area contributed by atoms with E-state index in [2.05, 4.69) is 57.6 Å². The van der Waals surface area contributed by atoms with E-state index in [9.17, 15) is 13.8 Å². The molecule has 60 heavy (non-hydrogen) atoms. The average Bonchev–Trinajstić information content (AvgIpc) is 3.71. The predicted molar refractivity (Wildman–Crippen MR) is 231 cm³/mol. The van der Waals surface area contributed by atoms with Gasteiger partial charge in [0.1, 0.15) is 17.0 Å². The van der Waals surface area contributed by atoms with Crippen molar-refractivity contribution in [3.05, 3.63) is 100 Å². The number of nitrogens with two attached hydrogens (primary N) is 1. The van der Waals surface area contributed by atoms with E-state index in [1.54, 1.807) is 36.7 Å². The number of amides is 2. The van der Waals surface area contributed by atoms with Crippen LogP contribution in [-0.4, -0.2) is 119 Å². The third kappa shape index (κ3) is 8.99. The lowest BCUT2D eigenvalue weighted by Crippen LogP contribution is -2.60. The number of hydrogen-bond donors (Lipinski definition) is 5. The number of carbonyl (C=O) groups excluding carboxylic acids is 2. The van der Waals surface area contributed by atoms with Gasteiger partial charge in [0.2, 0.25) is 5.91 Å². The summed E-state index contributed by atoms with van der Waals surface area (Å²) in [4.78, 5) is 42.1. The molecule has 4 saturated heterocycles. The van der Waals surface area contributed by atoms with Crippen LogP contribution in [0.3, 0.4) is 0 Å². The Bertz CT molecular complexity index is 2380. The lowest BCUT2D eigenvalue weighted by atomic mass is 9.81. The van der Waals surface area contributed by atoms with Gasteiger partial charge in [0.25, 0.3) is 5.91 Å². The molecule has 9 rings (SSSR count). The van der Waals surface area contributed by atoms with Gasteiger partial charge in [-0.05, 0) is 73.7 Å². The third-order valence-electron chi connectivity index (χ3n) is 12.4. The number of H-pyrrole nitrogens is 1. The van der Waals surface area contributed by atoms with Crippen LogP contribution in [0.1, 0.15) is 25.7 Å². The van der Waals surface area contributed by atoms with E-state index in [4.69, 9.17) is 26.8 Å². The van der Waals surface area contributed by atoms with E-state index < -0.39 is 16.9 Å². The number of rotatable bonds is 12. The van der Waals surface area contributed by atoms with Crippen LogP contribution in [0.4, 0.5) is 11.4 Å². The summed E-state index contributed by atoms with van der Waals surface area (Å²) in [6.07, 6.45) is 13.0. The van der Waals surface area contributed by atoms with Gasteiger partial charge >= 0.3 is 0 Å². The minimum atomic E-state index is -1.92. The average molecular weight is 852 g/mol. The number of piperazine rings is 1. The summed E-state index contributed by atoms with van der Waals surface area (Å²) in [6, 6.07) is 8.92. The molecule has 2 amide bonds. The lowest BCUT2D eigenvalue weighted by Gasteiger charge is -2.47. The number of nitrogen functional groups attached to an aromatic ring is 1. The zero-order valence-corrected chi connectivity index (χ0v) is 35.0. The number of likely N-dealkylation sites (tertiary alicyclic amines) is 1. The number of pyridine rings is 1. The first kappa shape index (κ1) is 40.3. The van der Waals surface area contributed by atoms with Gasteiger partial charge < -0.3 is 40.6 Å². The second-order valence-electron chi connectivity index (χ2n) is 16.3. The molecule has 0 saturated carbocycles. The molecule has 14 nitrogen and oxygen atoms in total. The number of aromatic amines is 1. The number of benzene rings is 1. The van der Waals surface area contributed by atoms with Crippen LogP contribution in [0.5, 0.6) is 5.75 Å². The highest BCUT2D eigenvalue weighted by atomic mass is 35.5. The molecule has 0 radical (unpaired) electrons. The Kier molecular flexibility index (Phi) is 12.0. The Morgan fingerprint density at radius 1 is 1.07 bits per heavy atom. The molecule has 4 aliphatic heterocycles. The standard InChI is InChI=1S/C44H50ClN9O5S/c45-33-2-1-29-18-35(54(26-31(29)17-33)44(56)32-23-47-24-32)27-52-11-13-53(14-12-52)34-3-5-38(41(20-34)59-36-19-30-7-10-48-42(30)50-25-36)43(55)51-60(57)37-4-6-40(39(46)21-37)49-22-28-8-15-58-16-9-28/h1-2,4,6-7,10,19-21,25,28,31-32,35,47,49H,8-9,11-18,22-24,26-27,46H2,(H,48,50)(H,51,55). The van der Waals surface area contributed by atoms with Gasteiger partial charge in [0, 0.05) is 107 Å². The zero-order chi connectivity index (χ0) is 41.2. The quantitative estimate of drug-likeness (QED) is 0.131. The summed E-state index contributed by atoms with van der Waals surface area (Å²) in [5.74, 6) is 1.09. The van der Waals surface area contributed by atoms with Gasteiger partial charge in [-0.3, -0.25) is 19.2 Å². The van der Waals surface area contributed by atoms with Gasteiger partial charge in [0.15, 0.2) is 16.7 Å². The lowest BCUT2D eigenvalue weighted by molar-refractivity contribution is -0.141. The number of aromatic nitrogens is 2. The summed E-state index contributed by atoms with van der Waals surface area (Å²) < 4.78 is 28.0. The molecule has 314 valence electrons. The van der Waals surface area contributed by atoms with Crippen LogP contribution in [0.25, 0.3) is 11.0 Å². The van der Waals surface area contributed by atoms with E-state index in [1.807, 2.05) is 18.2 Å². The number of halogens is 1. The van der Waals surface area contributed by atoms with E-state index in [-0.39, 0.29) is 35.1 Å². The molecule has 16 heteroatoms. The summed E-state index contributed by atoms with van der Waals surface area (Å²) >= 11 is 6.42. The number of ether oxygens (including phenoxy) is 2. The fourth-order valence-electron chi connectivity index (χ4n) is 8.71. The van der Waals surface area contributed by atoms with Crippen molar-refractivity contribution >= 4 is 56.8 Å². The maximum absolute atomic E-state index is 13.8. The molecule has 3 aromatic rings. The maximum atomic E-state index is 13.8. The van der Waals surface area contributed by atoms with Crippen molar-refractivity contribution in [1.82, 2.24) is 34.7 Å². The Labute approximate surface area is 356 Å². The van der Waals surface area contributed by atoms with Crippen LogP contribution in [-0.2, 0) is 25.3 Å². The molecule has 1 aromatic carbocycles. The second-order valence-corrected chi connectivity index (χ2v) is 18.0. The van der Waals surface area contributed by atoms with Gasteiger partial charge in [-0.25, -0.2) is 9.19 Å². The first-order valence-corrected chi connectivity index (χ1v) is 22.3. The van der Waals surface area contributed by atoms with Crippen molar-refractivity contribution in [2.75, 3.05) is 83.2 Å². The molecule has 0 spiro atoms. The first-order chi connectivity index (χ1) is 29.2. The van der Waals surface area contributed by atoms with Crippen molar-refractivity contribution in [3.8, 4) is 5.75 Å². The fourth-order valence-corrected chi connectivity index (χ4v) is 9.78. The summed E-state index contributed by atoms with van der Waals surface area (Å²) in [5.41, 5.74) is 16.6. The molecular weight excluding hydrogens is 802 g/mol. The maximum Gasteiger partial charge on any atom is 0.275 e. The molecule has 6 N–H and O–H groups in total. The number of nitrogens with one attached hydrogen (secondary N) is 4. The summed E-state index contributed by atoms with van der Waals surface area (Å²) in [7, 11) is -1.92. The number of piperidine rings is 1. The Morgan fingerprint density at radius 3 is 2.68 bits per heavy atom. The molecule has 2 aliphatic carbocycles. The molecule has 2 aromatic heterocycles. The number of allylic oxidation sites excluding steroid dienone is 4. The van der Waals surface area contributed by atoms with Crippen LogP contribution in [0, 0.1) is 17.8 Å². The van der Waals surface area contributed by atoms with Crippen molar-refractivity contribution in [3.63, 3.8) is 0 Å². The highest BCUT2D eigenvalue weighted by molar-refractivity contribution is 7.83. The van der Waals surface area contributed by atoms with Crippen molar-refractivity contribution < 1.29 is 23.3 Å². The van der Waals surface area contributed by atoms with Gasteiger partial charge in [-0.2, -0.15) is 0 Å². The van der Waals surface area contributed by atoms with Crippen LogP contribution in [0.15, 0.2) is 105 Å². The number of fused-ring (bicyclic) bond motifs is 2. The number of hydrogen-bond acceptors (Lipinski definition) is 11. The molecule has 6 aliphatic rings. The molecule has 4 fully saturated rings. The van der Waals surface area contributed by atoms with Gasteiger partial charge in [-0.15, -0.1) is 0 Å². The fraction of sp³-hybridized carbons (Fsp3) is 0.432. The molecule has 3 atom stereocenters. The Hall–Kier alpha value is -5.11. The number of carbonyl (C=O) groups is 2. The van der Waals surface area contributed by atoms with Crippen molar-refractivity contribution in [2.45, 2.75) is 36.6 Å². The Morgan fingerprint density at radius 2 is 1.90 bits per heavy atom. The smallest absolute Gasteiger partial charge is 0.275 e. The highest BCUT2D eigenvalue weighted by Gasteiger charge is 2.40. The van der Waals surface area contributed by atoms with E-state index >= 15 is 0 Å². The first-order valence-electron chi connectivity index (χ1n) is 20.8. The molecule has 3 unspecified atom stereocenters. The van der Waals surface area contributed by atoms with E-state index in [1.165, 1.54) is 5.57 Å². The molecule has 6 heterocycles. The minimum absolute atomic E-state index is 0.0404. The molecule has 0 bridgehead atoms. The predicted octanol–water partition coefficient (Wildman–Crippen LogP) is 4.17. The molecular formula is C44H50ClN9O5S. The van der Waals surface area contributed by atoms with Gasteiger partial charge in [-0.1, -0.05) is 29.0 Å². The second kappa shape index (κ2) is 17.9. The van der Waals surface area contributed by atoms with Crippen molar-refractivity contribution in [2.24, 2.45) is 17.8 Å². The summed E-state index contributed by atoms with van der Waals surface area (Å²) in [6.45, 7) is 8.24. The number of anilines is 2. The van der Waals surface area contributed by atoms with Crippen LogP contribution >= 0.6 is 11.6 Å². The third-order valence-corrected chi connectivity index (χ3v) is 13.7. The topological polar surface area (TPSA) is 170 Å². The van der Waals surface area contributed by atoms with Crippen LogP contribution < -0.4 is 25.8 Å². The summed E-state index contributed by atoms with van der Waals surface area (Å²) in [5, 5.41) is 8.36. The van der Waals surface area contributed by atoms with E-state index in [0.29, 0.717) is 47.5 Å². The monoisotopic (exact) mass is 851 g/mol.